The Kier molecular flexibility index (Phi) is 5.28. The fourth-order valence-electron chi connectivity index (χ4n) is 0.840. The lowest BCUT2D eigenvalue weighted by Crippen LogP contribution is -1.97. The van der Waals surface area contributed by atoms with Gasteiger partial charge in [-0.2, -0.15) is 0 Å². The van der Waals surface area contributed by atoms with Gasteiger partial charge in [-0.1, -0.05) is 36.5 Å². The molecule has 0 rings (SSSR count). The summed E-state index contributed by atoms with van der Waals surface area (Å²) in [6, 6.07) is 0. The lowest BCUT2D eigenvalue weighted by atomic mass is 10.1. The van der Waals surface area contributed by atoms with Gasteiger partial charge >= 0.3 is 5.97 Å². The quantitative estimate of drug-likeness (QED) is 0.531. The molecule has 2 heteroatoms. The molecule has 0 saturated heterocycles. The monoisotopic (exact) mass is 178 g/mol. The molecule has 1 N–H and O–H groups in total. The molecular formula is C11H14O2. The van der Waals surface area contributed by atoms with Crippen LogP contribution >= 0.6 is 0 Å². The van der Waals surface area contributed by atoms with Gasteiger partial charge in [0.05, 0.1) is 5.57 Å². The molecular weight excluding hydrogens is 164 g/mol. The van der Waals surface area contributed by atoms with Gasteiger partial charge in [0, 0.05) is 0 Å². The van der Waals surface area contributed by atoms with E-state index < -0.39 is 5.97 Å². The first-order valence-corrected chi connectivity index (χ1v) is 3.98. The third-order valence-electron chi connectivity index (χ3n) is 1.36. The largest absolute Gasteiger partial charge is 0.478 e. The average molecular weight is 178 g/mol. The second-order valence-corrected chi connectivity index (χ2v) is 2.55. The van der Waals surface area contributed by atoms with Crippen molar-refractivity contribution in [2.75, 3.05) is 0 Å². The van der Waals surface area contributed by atoms with Gasteiger partial charge in [0.15, 0.2) is 0 Å². The molecule has 2 nitrogen and oxygen atoms in total. The maximum Gasteiger partial charge on any atom is 0.335 e. The highest BCUT2D eigenvalue weighted by Crippen LogP contribution is 2.04. The molecule has 70 valence electrons. The van der Waals surface area contributed by atoms with Gasteiger partial charge in [0.25, 0.3) is 0 Å². The normalized spacial score (nSPS) is 13.4. The third-order valence-corrected chi connectivity index (χ3v) is 1.36. The van der Waals surface area contributed by atoms with Crippen LogP contribution in [0.2, 0.25) is 0 Å². The van der Waals surface area contributed by atoms with Crippen LogP contribution in [0.25, 0.3) is 0 Å². The molecule has 0 aliphatic heterocycles. The van der Waals surface area contributed by atoms with Crippen LogP contribution in [-0.4, -0.2) is 11.1 Å². The summed E-state index contributed by atoms with van der Waals surface area (Å²) in [5, 5.41) is 8.75. The highest BCUT2D eigenvalue weighted by Gasteiger charge is 2.01. The number of rotatable bonds is 4. The molecule has 0 aliphatic carbocycles. The Bertz CT molecular complexity index is 280. The van der Waals surface area contributed by atoms with E-state index in [-0.39, 0.29) is 5.57 Å². The predicted octanol–water partition coefficient (Wildman–Crippen LogP) is 2.71. The van der Waals surface area contributed by atoms with Crippen LogP contribution in [-0.2, 0) is 4.79 Å². The van der Waals surface area contributed by atoms with E-state index in [0.717, 1.165) is 5.57 Å². The summed E-state index contributed by atoms with van der Waals surface area (Å²) in [5.74, 6) is -0.921. The van der Waals surface area contributed by atoms with Gasteiger partial charge < -0.3 is 5.11 Å². The first-order valence-electron chi connectivity index (χ1n) is 3.98. The molecule has 0 aromatic heterocycles. The van der Waals surface area contributed by atoms with Gasteiger partial charge in [0.2, 0.25) is 0 Å². The molecule has 0 radical (unpaired) electrons. The fourth-order valence-corrected chi connectivity index (χ4v) is 0.840. The standard InChI is InChI=1S/C11H14O2/c1-4-6-9(3)8-10(7-5-2)11(12)13/h4-8H,1H2,2-3H3,(H,12,13). The molecule has 0 aromatic carbocycles. The smallest absolute Gasteiger partial charge is 0.335 e. The molecule has 0 amide bonds. The maximum absolute atomic E-state index is 10.7. The van der Waals surface area contributed by atoms with Crippen LogP contribution in [0, 0.1) is 0 Å². The molecule has 0 aliphatic rings. The zero-order chi connectivity index (χ0) is 10.3. The molecule has 0 atom stereocenters. The SMILES string of the molecule is C=CC=C(C)C=C(C=CC)C(=O)O. The summed E-state index contributed by atoms with van der Waals surface area (Å²) in [6.45, 7) is 7.14. The number of carboxylic acid groups (broad SMARTS) is 1. The summed E-state index contributed by atoms with van der Waals surface area (Å²) in [4.78, 5) is 10.7. The summed E-state index contributed by atoms with van der Waals surface area (Å²) in [6.07, 6.45) is 8.24. The Hall–Kier alpha value is -1.57. The van der Waals surface area contributed by atoms with E-state index >= 15 is 0 Å². The average Bonchev–Trinajstić information content (AvgIpc) is 2.04. The summed E-state index contributed by atoms with van der Waals surface area (Å²) < 4.78 is 0. The van der Waals surface area contributed by atoms with Crippen LogP contribution in [0.15, 0.2) is 48.1 Å². The van der Waals surface area contributed by atoms with Crippen LogP contribution in [0.4, 0.5) is 0 Å². The topological polar surface area (TPSA) is 37.3 Å². The number of hydrogen-bond donors (Lipinski definition) is 1. The van der Waals surface area contributed by atoms with Crippen LogP contribution < -0.4 is 0 Å². The zero-order valence-electron chi connectivity index (χ0n) is 7.95. The summed E-state index contributed by atoms with van der Waals surface area (Å²) in [5.41, 5.74) is 1.14. The Morgan fingerprint density at radius 1 is 1.46 bits per heavy atom. The highest BCUT2D eigenvalue weighted by atomic mass is 16.4. The number of hydrogen-bond acceptors (Lipinski definition) is 1. The van der Waals surface area contributed by atoms with Crippen molar-refractivity contribution in [2.24, 2.45) is 0 Å². The number of allylic oxidation sites excluding steroid dienone is 5. The van der Waals surface area contributed by atoms with Crippen LogP contribution in [0.5, 0.6) is 0 Å². The molecule has 13 heavy (non-hydrogen) atoms. The van der Waals surface area contributed by atoms with Gasteiger partial charge in [-0.15, -0.1) is 0 Å². The lowest BCUT2D eigenvalue weighted by molar-refractivity contribution is -0.132. The van der Waals surface area contributed by atoms with Gasteiger partial charge in [-0.3, -0.25) is 0 Å². The minimum absolute atomic E-state index is 0.276. The molecule has 0 fully saturated rings. The number of carboxylic acids is 1. The summed E-state index contributed by atoms with van der Waals surface area (Å²) >= 11 is 0. The number of aliphatic carboxylic acids is 1. The van der Waals surface area contributed by atoms with E-state index in [4.69, 9.17) is 5.11 Å². The molecule has 0 spiro atoms. The van der Waals surface area contributed by atoms with Crippen molar-refractivity contribution in [2.45, 2.75) is 13.8 Å². The minimum atomic E-state index is -0.921. The molecule has 0 unspecified atom stereocenters. The van der Waals surface area contributed by atoms with E-state index in [1.54, 1.807) is 37.3 Å². The van der Waals surface area contributed by atoms with Gasteiger partial charge in [-0.25, -0.2) is 4.79 Å². The van der Waals surface area contributed by atoms with Crippen molar-refractivity contribution in [3.63, 3.8) is 0 Å². The van der Waals surface area contributed by atoms with Crippen molar-refractivity contribution in [1.29, 1.82) is 0 Å². The van der Waals surface area contributed by atoms with Gasteiger partial charge in [0.1, 0.15) is 0 Å². The highest BCUT2D eigenvalue weighted by molar-refractivity contribution is 5.90. The van der Waals surface area contributed by atoms with E-state index in [1.165, 1.54) is 0 Å². The van der Waals surface area contributed by atoms with Crippen molar-refractivity contribution >= 4 is 5.97 Å². The first kappa shape index (κ1) is 11.4. The van der Waals surface area contributed by atoms with E-state index in [0.29, 0.717) is 0 Å². The zero-order valence-corrected chi connectivity index (χ0v) is 7.95. The lowest BCUT2D eigenvalue weighted by Gasteiger charge is -1.94. The molecule has 0 saturated carbocycles. The van der Waals surface area contributed by atoms with Crippen molar-refractivity contribution in [3.8, 4) is 0 Å². The Morgan fingerprint density at radius 2 is 2.08 bits per heavy atom. The summed E-state index contributed by atoms with van der Waals surface area (Å²) in [7, 11) is 0. The van der Waals surface area contributed by atoms with Crippen LogP contribution in [0.1, 0.15) is 13.8 Å². The van der Waals surface area contributed by atoms with E-state index in [2.05, 4.69) is 6.58 Å². The number of carbonyl (C=O) groups is 1. The van der Waals surface area contributed by atoms with Crippen molar-refractivity contribution in [3.05, 3.63) is 48.1 Å². The molecule has 0 bridgehead atoms. The Labute approximate surface area is 78.6 Å². The maximum atomic E-state index is 10.7. The Morgan fingerprint density at radius 3 is 2.46 bits per heavy atom. The van der Waals surface area contributed by atoms with Crippen LogP contribution in [0.3, 0.4) is 0 Å². The van der Waals surface area contributed by atoms with E-state index in [9.17, 15) is 4.79 Å². The fraction of sp³-hybridized carbons (Fsp3) is 0.182. The Balaban J connectivity index is 4.82. The van der Waals surface area contributed by atoms with Crippen molar-refractivity contribution in [1.82, 2.24) is 0 Å². The molecule has 0 heterocycles. The van der Waals surface area contributed by atoms with Crippen molar-refractivity contribution < 1.29 is 9.90 Å². The second kappa shape index (κ2) is 6.00. The van der Waals surface area contributed by atoms with E-state index in [1.807, 2.05) is 6.92 Å². The third kappa shape index (κ3) is 4.80. The second-order valence-electron chi connectivity index (χ2n) is 2.55. The van der Waals surface area contributed by atoms with Gasteiger partial charge in [-0.05, 0) is 19.9 Å². The molecule has 0 aromatic rings. The predicted molar refractivity (Wildman–Crippen MR) is 54.5 cm³/mol. The first-order chi connectivity index (χ1) is 6.11. The minimum Gasteiger partial charge on any atom is -0.478 e.